The maximum atomic E-state index is 14.0. The highest BCUT2D eigenvalue weighted by atomic mass is 19.4. The van der Waals surface area contributed by atoms with Gasteiger partial charge in [-0.05, 0) is 37.8 Å². The highest BCUT2D eigenvalue weighted by Gasteiger charge is 2.58. The molecule has 0 spiro atoms. The number of rotatable bonds is 11. The zero-order valence-corrected chi connectivity index (χ0v) is 20.6. The van der Waals surface area contributed by atoms with Crippen molar-refractivity contribution in [2.45, 2.75) is 57.7 Å². The highest BCUT2D eigenvalue weighted by Crippen LogP contribution is 2.44. The second-order valence-corrected chi connectivity index (χ2v) is 8.36. The van der Waals surface area contributed by atoms with Crippen molar-refractivity contribution in [3.8, 4) is 17.5 Å². The normalized spacial score (nSPS) is 14.1. The van der Waals surface area contributed by atoms with Gasteiger partial charge in [-0.1, -0.05) is 49.4 Å². The van der Waals surface area contributed by atoms with Crippen LogP contribution in [-0.4, -0.2) is 28.0 Å². The molecule has 1 atom stereocenters. The predicted molar refractivity (Wildman–Crippen MR) is 126 cm³/mol. The Balaban J connectivity index is 1.92. The molecule has 0 saturated heterocycles. The average molecular weight is 544 g/mol. The molecular formula is C25H26F6N4O3. The van der Waals surface area contributed by atoms with E-state index in [4.69, 9.17) is 19.6 Å². The van der Waals surface area contributed by atoms with Crippen LogP contribution in [0.2, 0.25) is 0 Å². The highest BCUT2D eigenvalue weighted by molar-refractivity contribution is 5.68. The Labute approximate surface area is 214 Å². The fourth-order valence-electron chi connectivity index (χ4n) is 3.23. The van der Waals surface area contributed by atoms with Crippen molar-refractivity contribution >= 4 is 5.69 Å². The molecule has 3 aromatic rings. The third kappa shape index (κ3) is 6.82. The monoisotopic (exact) mass is 544 g/mol. The summed E-state index contributed by atoms with van der Waals surface area (Å²) >= 11 is 0. The Morgan fingerprint density at radius 2 is 1.74 bits per heavy atom. The molecule has 0 fully saturated rings. The number of hydrogen-bond acceptors (Lipinski definition) is 7. The molecule has 38 heavy (non-hydrogen) atoms. The van der Waals surface area contributed by atoms with Gasteiger partial charge in [0.1, 0.15) is 5.56 Å². The minimum Gasteiger partial charge on any atom is -0.477 e. The summed E-state index contributed by atoms with van der Waals surface area (Å²) < 4.78 is 98.5. The molecule has 0 aliphatic rings. The van der Waals surface area contributed by atoms with E-state index in [1.54, 1.807) is 30.3 Å². The van der Waals surface area contributed by atoms with Gasteiger partial charge in [-0.25, -0.2) is 4.98 Å². The zero-order chi connectivity index (χ0) is 28.0. The number of pyridine rings is 1. The van der Waals surface area contributed by atoms with E-state index in [1.165, 1.54) is 0 Å². The number of benzene rings is 1. The molecule has 1 unspecified atom stereocenters. The summed E-state index contributed by atoms with van der Waals surface area (Å²) in [6, 6.07) is 8.67. The lowest BCUT2D eigenvalue weighted by molar-refractivity contribution is -0.289. The Bertz CT molecular complexity index is 1230. The van der Waals surface area contributed by atoms with Crippen LogP contribution in [0.25, 0.3) is 11.6 Å². The number of alkyl halides is 6. The molecule has 0 bridgehead atoms. The van der Waals surface area contributed by atoms with Gasteiger partial charge >= 0.3 is 12.4 Å². The summed E-state index contributed by atoms with van der Waals surface area (Å²) in [5.41, 5.74) is 0.960. The van der Waals surface area contributed by atoms with Crippen molar-refractivity contribution in [1.82, 2.24) is 15.2 Å². The van der Waals surface area contributed by atoms with Crippen molar-refractivity contribution in [3.05, 3.63) is 65.6 Å². The summed E-state index contributed by atoms with van der Waals surface area (Å²) in [6.45, 7) is 2.12. The molecule has 0 amide bonds. The molecule has 13 heteroatoms. The molecule has 0 aliphatic heterocycles. The summed E-state index contributed by atoms with van der Waals surface area (Å²) in [5, 5.41) is 7.02. The molecule has 2 aromatic heterocycles. The van der Waals surface area contributed by atoms with Crippen molar-refractivity contribution in [1.29, 1.82) is 0 Å². The fourth-order valence-corrected chi connectivity index (χ4v) is 3.23. The quantitative estimate of drug-likeness (QED) is 0.160. The van der Waals surface area contributed by atoms with Crippen LogP contribution in [0.15, 0.2) is 53.0 Å². The van der Waals surface area contributed by atoms with Crippen molar-refractivity contribution in [3.63, 3.8) is 0 Å². The first-order chi connectivity index (χ1) is 17.9. The van der Waals surface area contributed by atoms with Crippen molar-refractivity contribution in [2.24, 2.45) is 0 Å². The number of aromatic nitrogens is 3. The Morgan fingerprint density at radius 3 is 2.37 bits per heavy atom. The van der Waals surface area contributed by atoms with E-state index in [2.05, 4.69) is 15.2 Å². The van der Waals surface area contributed by atoms with E-state index in [1.807, 2.05) is 19.1 Å². The van der Waals surface area contributed by atoms with Gasteiger partial charge in [-0.3, -0.25) is 0 Å². The molecule has 2 N–H and O–H groups in total. The van der Waals surface area contributed by atoms with Gasteiger partial charge in [0.25, 0.3) is 11.8 Å². The lowest BCUT2D eigenvalue weighted by atomic mass is 10.1. The lowest BCUT2D eigenvalue weighted by Gasteiger charge is -2.28. The number of nitrogens with two attached hydrogens (primary N) is 1. The number of allylic oxidation sites excluding steroid dienone is 2. The van der Waals surface area contributed by atoms with E-state index < -0.39 is 59.2 Å². The first-order valence-corrected chi connectivity index (χ1v) is 11.6. The SMILES string of the molecule is CC/C=C/CCCOc1nc(-c2nnc(C(C)(OCc3ccccc3)C(F)(F)F)o2)c(N)cc1C(F)(F)F. The standard InChI is InChI=1S/C25H26F6N4O3/c1-3-4-5-6-10-13-36-20-17(24(26,27)28)14-18(32)19(33-20)21-34-35-22(38-21)23(2,25(29,30)31)37-15-16-11-8-7-9-12-16/h4-5,7-9,11-12,14H,3,6,10,13,15,32H2,1-2H3/b5-4+. The minimum atomic E-state index is -4.98. The van der Waals surface area contributed by atoms with Gasteiger partial charge in [0.05, 0.1) is 18.9 Å². The van der Waals surface area contributed by atoms with Crippen LogP contribution in [0.5, 0.6) is 5.88 Å². The van der Waals surface area contributed by atoms with Crippen LogP contribution < -0.4 is 10.5 Å². The maximum Gasteiger partial charge on any atom is 0.426 e. The second kappa shape index (κ2) is 11.8. The number of anilines is 1. The third-order valence-electron chi connectivity index (χ3n) is 5.43. The Kier molecular flexibility index (Phi) is 9.02. The zero-order valence-electron chi connectivity index (χ0n) is 20.6. The van der Waals surface area contributed by atoms with Crippen LogP contribution in [0.3, 0.4) is 0 Å². The fraction of sp³-hybridized carbons (Fsp3) is 0.400. The molecule has 1 aromatic carbocycles. The summed E-state index contributed by atoms with van der Waals surface area (Å²) in [4.78, 5) is 3.79. The van der Waals surface area contributed by atoms with Crippen LogP contribution in [-0.2, 0) is 23.1 Å². The molecular weight excluding hydrogens is 518 g/mol. The number of nitrogens with zero attached hydrogens (tertiary/aromatic N) is 3. The smallest absolute Gasteiger partial charge is 0.426 e. The van der Waals surface area contributed by atoms with E-state index in [0.29, 0.717) is 31.4 Å². The summed E-state index contributed by atoms with van der Waals surface area (Å²) in [6.07, 6.45) is -4.26. The van der Waals surface area contributed by atoms with Crippen molar-refractivity contribution < 1.29 is 40.2 Å². The van der Waals surface area contributed by atoms with Crippen LogP contribution in [0, 0.1) is 0 Å². The minimum absolute atomic E-state index is 0.0952. The van der Waals surface area contributed by atoms with E-state index >= 15 is 0 Å². The van der Waals surface area contributed by atoms with Gasteiger partial charge in [0.2, 0.25) is 11.5 Å². The predicted octanol–water partition coefficient (Wildman–Crippen LogP) is 6.85. The lowest BCUT2D eigenvalue weighted by Crippen LogP contribution is -2.42. The largest absolute Gasteiger partial charge is 0.477 e. The van der Waals surface area contributed by atoms with Crippen LogP contribution in [0.4, 0.5) is 32.0 Å². The van der Waals surface area contributed by atoms with E-state index in [0.717, 1.165) is 6.42 Å². The van der Waals surface area contributed by atoms with Gasteiger partial charge in [-0.15, -0.1) is 10.2 Å². The van der Waals surface area contributed by atoms with Crippen LogP contribution in [0.1, 0.15) is 50.1 Å². The molecule has 3 rings (SSSR count). The van der Waals surface area contributed by atoms with E-state index in [-0.39, 0.29) is 6.61 Å². The molecule has 0 saturated carbocycles. The molecule has 206 valence electrons. The second-order valence-electron chi connectivity index (χ2n) is 8.36. The average Bonchev–Trinajstić information content (AvgIpc) is 3.35. The van der Waals surface area contributed by atoms with Gasteiger partial charge < -0.3 is 19.6 Å². The Morgan fingerprint density at radius 1 is 1.03 bits per heavy atom. The maximum absolute atomic E-state index is 14.0. The number of hydrogen-bond donors (Lipinski definition) is 1. The number of halogens is 6. The van der Waals surface area contributed by atoms with Crippen molar-refractivity contribution in [2.75, 3.05) is 12.3 Å². The first kappa shape index (κ1) is 29.0. The topological polar surface area (TPSA) is 96.3 Å². The van der Waals surface area contributed by atoms with Gasteiger partial charge in [0.15, 0.2) is 5.69 Å². The number of ether oxygens (including phenoxy) is 2. The molecule has 0 aliphatic carbocycles. The number of unbranched alkanes of at least 4 members (excludes halogenated alkanes) is 1. The molecule has 2 heterocycles. The molecule has 7 nitrogen and oxygen atoms in total. The van der Waals surface area contributed by atoms with Gasteiger partial charge in [0, 0.05) is 0 Å². The van der Waals surface area contributed by atoms with E-state index in [9.17, 15) is 26.3 Å². The summed E-state index contributed by atoms with van der Waals surface area (Å²) in [5.74, 6) is -2.40. The van der Waals surface area contributed by atoms with Crippen LogP contribution >= 0.6 is 0 Å². The Hall–Kier alpha value is -3.61. The third-order valence-corrected chi connectivity index (χ3v) is 5.43. The summed E-state index contributed by atoms with van der Waals surface area (Å²) in [7, 11) is 0. The first-order valence-electron chi connectivity index (χ1n) is 11.6. The molecule has 0 radical (unpaired) electrons. The number of nitrogen functional groups attached to an aromatic ring is 1. The van der Waals surface area contributed by atoms with Gasteiger partial charge in [-0.2, -0.15) is 26.3 Å².